The maximum absolute atomic E-state index is 13.9. The summed E-state index contributed by atoms with van der Waals surface area (Å²) in [7, 11) is 0. The number of nitrogens with one attached hydrogen (secondary N) is 1. The van der Waals surface area contributed by atoms with Crippen LogP contribution in [0.15, 0.2) is 93.2 Å². The fraction of sp³-hybridized carbons (Fsp3) is 0.172. The van der Waals surface area contributed by atoms with Crippen LogP contribution in [0.2, 0.25) is 0 Å². The first-order valence-corrected chi connectivity index (χ1v) is 15.1. The summed E-state index contributed by atoms with van der Waals surface area (Å²) < 4.78 is 43.7. The third kappa shape index (κ3) is 4.99. The number of para-hydroxylation sites is 2. The molecule has 2 aliphatic heterocycles. The fourth-order valence-electron chi connectivity index (χ4n) is 5.33. The fourth-order valence-corrected chi connectivity index (χ4v) is 8.52. The van der Waals surface area contributed by atoms with Gasteiger partial charge >= 0.3 is 11.0 Å². The molecule has 0 aliphatic carbocycles. The number of anilines is 2. The average molecular weight is 675 g/mol. The molecule has 0 radical (unpaired) electrons. The quantitative estimate of drug-likeness (QED) is 0.258. The zero-order chi connectivity index (χ0) is 29.8. The van der Waals surface area contributed by atoms with Gasteiger partial charge in [0.1, 0.15) is 11.8 Å². The van der Waals surface area contributed by atoms with E-state index < -0.39 is 57.1 Å². The zero-order valence-corrected chi connectivity index (χ0v) is 24.5. The number of carbonyl (C=O) groups is 3. The van der Waals surface area contributed by atoms with Gasteiger partial charge in [0.2, 0.25) is 17.7 Å². The molecule has 2 aliphatic rings. The standard InChI is InChI=1S/C29H19BrF3N3O4S2/c30-16-8-6-7-15(13-16)21-22-23(26(39)36(25(22)38)19-12-5-4-11-18(19)29(31,32)33)41-27-24(21)42-28(40)35(27)14-20(37)34-17-9-2-1-3-10-17/h1-13,21-23H,14H2,(H,34,37). The molecule has 7 nitrogen and oxygen atoms in total. The van der Waals surface area contributed by atoms with Gasteiger partial charge in [0.25, 0.3) is 0 Å². The molecular formula is C29H19BrF3N3O4S2. The normalized spacial score (nSPS) is 19.9. The SMILES string of the molecule is O=C(Cn1c2c(sc1=O)C(c1cccc(Br)c1)C1C(=O)N(c3ccccc3C(F)(F)F)C(=O)C1S2)Nc1ccccc1. The first-order valence-electron chi connectivity index (χ1n) is 12.6. The van der Waals surface area contributed by atoms with E-state index in [0.29, 0.717) is 30.5 Å². The maximum Gasteiger partial charge on any atom is 0.418 e. The van der Waals surface area contributed by atoms with Crippen molar-refractivity contribution in [2.75, 3.05) is 10.2 Å². The van der Waals surface area contributed by atoms with Crippen LogP contribution in [0.4, 0.5) is 24.5 Å². The van der Waals surface area contributed by atoms with Crippen LogP contribution in [-0.2, 0) is 27.1 Å². The number of thiazole rings is 1. The molecule has 1 N–H and O–H groups in total. The number of amides is 3. The zero-order valence-electron chi connectivity index (χ0n) is 21.3. The Hall–Kier alpha value is -3.68. The van der Waals surface area contributed by atoms with Gasteiger partial charge in [-0.1, -0.05) is 81.5 Å². The van der Waals surface area contributed by atoms with E-state index in [1.54, 1.807) is 54.6 Å². The van der Waals surface area contributed by atoms with E-state index in [1.807, 2.05) is 0 Å². The lowest BCUT2D eigenvalue weighted by Crippen LogP contribution is -2.33. The molecule has 3 aromatic carbocycles. The molecule has 3 heterocycles. The Morgan fingerprint density at radius 2 is 1.64 bits per heavy atom. The van der Waals surface area contributed by atoms with Crippen molar-refractivity contribution in [1.82, 2.24) is 4.57 Å². The molecule has 214 valence electrons. The van der Waals surface area contributed by atoms with E-state index in [4.69, 9.17) is 0 Å². The van der Waals surface area contributed by atoms with Crippen molar-refractivity contribution in [3.05, 3.63) is 109 Å². The van der Waals surface area contributed by atoms with E-state index in [-0.39, 0.29) is 6.54 Å². The first kappa shape index (κ1) is 28.4. The average Bonchev–Trinajstić information content (AvgIpc) is 3.39. The highest BCUT2D eigenvalue weighted by Gasteiger charge is 2.57. The van der Waals surface area contributed by atoms with E-state index >= 15 is 0 Å². The Labute approximate surface area is 253 Å². The highest BCUT2D eigenvalue weighted by molar-refractivity contribution is 9.10. The largest absolute Gasteiger partial charge is 0.418 e. The Balaban J connectivity index is 1.45. The highest BCUT2D eigenvalue weighted by atomic mass is 79.9. The van der Waals surface area contributed by atoms with Crippen LogP contribution in [0, 0.1) is 5.92 Å². The van der Waals surface area contributed by atoms with Crippen LogP contribution >= 0.6 is 39.0 Å². The van der Waals surface area contributed by atoms with Gasteiger partial charge in [0, 0.05) is 21.0 Å². The second kappa shape index (κ2) is 10.9. The number of fused-ring (bicyclic) bond motifs is 2. The summed E-state index contributed by atoms with van der Waals surface area (Å²) in [6.07, 6.45) is -4.80. The number of carbonyl (C=O) groups excluding carboxylic acids is 3. The number of hydrogen-bond donors (Lipinski definition) is 1. The summed E-state index contributed by atoms with van der Waals surface area (Å²) in [6, 6.07) is 20.2. The van der Waals surface area contributed by atoms with Gasteiger partial charge in [-0.25, -0.2) is 4.90 Å². The number of aromatic nitrogens is 1. The Kier molecular flexibility index (Phi) is 7.36. The molecule has 13 heteroatoms. The summed E-state index contributed by atoms with van der Waals surface area (Å²) >= 11 is 5.22. The number of imide groups is 1. The van der Waals surface area contributed by atoms with Crippen molar-refractivity contribution in [1.29, 1.82) is 0 Å². The number of alkyl halides is 3. The second-order valence-electron chi connectivity index (χ2n) is 9.66. The van der Waals surface area contributed by atoms with Gasteiger partial charge in [0.15, 0.2) is 0 Å². The predicted octanol–water partition coefficient (Wildman–Crippen LogP) is 6.13. The number of hydrogen-bond acceptors (Lipinski definition) is 6. The van der Waals surface area contributed by atoms with Crippen LogP contribution in [0.1, 0.15) is 21.9 Å². The number of thioether (sulfide) groups is 1. The van der Waals surface area contributed by atoms with Crippen LogP contribution in [0.3, 0.4) is 0 Å². The second-order valence-corrected chi connectivity index (χ2v) is 12.7. The molecule has 3 atom stereocenters. The molecule has 3 amide bonds. The lowest BCUT2D eigenvalue weighted by atomic mass is 9.83. The van der Waals surface area contributed by atoms with Crippen molar-refractivity contribution in [2.45, 2.75) is 28.9 Å². The van der Waals surface area contributed by atoms with Crippen LogP contribution < -0.4 is 15.1 Å². The third-order valence-corrected chi connectivity index (χ3v) is 10.2. The minimum absolute atomic E-state index is 0.339. The van der Waals surface area contributed by atoms with Crippen molar-refractivity contribution < 1.29 is 27.6 Å². The predicted molar refractivity (Wildman–Crippen MR) is 157 cm³/mol. The summed E-state index contributed by atoms with van der Waals surface area (Å²) in [6.45, 7) is -0.349. The molecule has 0 bridgehead atoms. The number of rotatable bonds is 5. The summed E-state index contributed by atoms with van der Waals surface area (Å²) in [5.41, 5.74) is -0.491. The van der Waals surface area contributed by atoms with E-state index in [9.17, 15) is 32.3 Å². The van der Waals surface area contributed by atoms with Gasteiger partial charge in [-0.05, 0) is 42.0 Å². The van der Waals surface area contributed by atoms with Gasteiger partial charge < -0.3 is 5.32 Å². The first-order chi connectivity index (χ1) is 20.0. The molecule has 3 unspecified atom stereocenters. The monoisotopic (exact) mass is 673 g/mol. The Morgan fingerprint density at radius 3 is 2.36 bits per heavy atom. The summed E-state index contributed by atoms with van der Waals surface area (Å²) in [5, 5.41) is 1.95. The minimum Gasteiger partial charge on any atom is -0.325 e. The summed E-state index contributed by atoms with van der Waals surface area (Å²) in [5.74, 6) is -3.94. The Morgan fingerprint density at radius 1 is 0.929 bits per heavy atom. The van der Waals surface area contributed by atoms with Gasteiger partial charge in [-0.2, -0.15) is 13.2 Å². The third-order valence-electron chi connectivity index (χ3n) is 7.07. The van der Waals surface area contributed by atoms with E-state index in [1.165, 1.54) is 16.7 Å². The van der Waals surface area contributed by atoms with Crippen molar-refractivity contribution in [2.24, 2.45) is 5.92 Å². The molecular weight excluding hydrogens is 655 g/mol. The number of halogens is 4. The minimum atomic E-state index is -4.80. The van der Waals surface area contributed by atoms with Gasteiger partial charge in [-0.15, -0.1) is 0 Å². The molecule has 4 aromatic rings. The number of benzene rings is 3. The Bertz CT molecular complexity index is 1790. The lowest BCUT2D eigenvalue weighted by molar-refractivity contribution is -0.137. The smallest absolute Gasteiger partial charge is 0.325 e. The van der Waals surface area contributed by atoms with Crippen molar-refractivity contribution >= 4 is 68.1 Å². The molecule has 0 spiro atoms. The molecule has 0 saturated carbocycles. The topological polar surface area (TPSA) is 88.5 Å². The van der Waals surface area contributed by atoms with Gasteiger partial charge in [0.05, 0.1) is 22.2 Å². The van der Waals surface area contributed by atoms with Crippen molar-refractivity contribution in [3.8, 4) is 0 Å². The highest BCUT2D eigenvalue weighted by Crippen LogP contribution is 2.54. The van der Waals surface area contributed by atoms with Crippen LogP contribution in [-0.4, -0.2) is 27.5 Å². The molecule has 42 heavy (non-hydrogen) atoms. The molecule has 1 fully saturated rings. The van der Waals surface area contributed by atoms with Crippen molar-refractivity contribution in [3.63, 3.8) is 0 Å². The van der Waals surface area contributed by atoms with E-state index in [2.05, 4.69) is 21.2 Å². The number of nitrogens with zero attached hydrogens (tertiary/aromatic N) is 2. The van der Waals surface area contributed by atoms with Gasteiger partial charge in [-0.3, -0.25) is 23.7 Å². The summed E-state index contributed by atoms with van der Waals surface area (Å²) in [4.78, 5) is 54.6. The van der Waals surface area contributed by atoms with Crippen LogP contribution in [0.25, 0.3) is 0 Å². The van der Waals surface area contributed by atoms with E-state index in [0.717, 1.165) is 35.2 Å². The molecule has 1 aromatic heterocycles. The lowest BCUT2D eigenvalue weighted by Gasteiger charge is -2.30. The molecule has 1 saturated heterocycles. The van der Waals surface area contributed by atoms with Crippen LogP contribution in [0.5, 0.6) is 0 Å². The molecule has 6 rings (SSSR count). The maximum atomic E-state index is 13.9.